The van der Waals surface area contributed by atoms with Crippen LogP contribution in [0.1, 0.15) is 24.5 Å². The van der Waals surface area contributed by atoms with E-state index < -0.39 is 0 Å². The summed E-state index contributed by atoms with van der Waals surface area (Å²) in [6.07, 6.45) is 5.82. The van der Waals surface area contributed by atoms with Gasteiger partial charge in [0, 0.05) is 51.0 Å². The normalized spacial score (nSPS) is 19.5. The number of aromatic nitrogens is 4. The third-order valence-corrected chi connectivity index (χ3v) is 4.31. The number of likely N-dealkylation sites (N-methyl/N-ethyl adjacent to an activating group) is 1. The monoisotopic (exact) mass is 302 g/mol. The van der Waals surface area contributed by atoms with E-state index in [0.717, 1.165) is 31.2 Å². The van der Waals surface area contributed by atoms with Crippen LogP contribution in [0.2, 0.25) is 0 Å². The molecule has 1 aliphatic heterocycles. The highest BCUT2D eigenvalue weighted by molar-refractivity contribution is 5.78. The van der Waals surface area contributed by atoms with Crippen LogP contribution in [0.4, 0.5) is 0 Å². The quantitative estimate of drug-likeness (QED) is 0.897. The Kier molecular flexibility index (Phi) is 4.24. The zero-order chi connectivity index (χ0) is 15.5. The molecule has 0 aliphatic carbocycles. The molecule has 1 atom stereocenters. The largest absolute Gasteiger partial charge is 0.339 e. The number of nitrogens with zero attached hydrogens (tertiary/aromatic N) is 5. The molecule has 7 nitrogen and oxygen atoms in total. The fraction of sp³-hybridized carbons (Fsp3) is 0.533. The van der Waals surface area contributed by atoms with Crippen molar-refractivity contribution in [3.63, 3.8) is 0 Å². The molecule has 1 aliphatic rings. The topological polar surface area (TPSA) is 70.1 Å². The Bertz CT molecular complexity index is 620. The van der Waals surface area contributed by atoms with Crippen LogP contribution in [0.5, 0.6) is 0 Å². The summed E-state index contributed by atoms with van der Waals surface area (Å²) >= 11 is 0. The molecule has 0 bridgehead atoms. The number of H-pyrrole nitrogens is 1. The van der Waals surface area contributed by atoms with Crippen LogP contribution in [0.15, 0.2) is 24.7 Å². The van der Waals surface area contributed by atoms with Crippen molar-refractivity contribution < 1.29 is 4.79 Å². The lowest BCUT2D eigenvalue weighted by Gasteiger charge is -2.40. The molecule has 3 heterocycles. The second-order valence-corrected chi connectivity index (χ2v) is 5.64. The molecule has 0 unspecified atom stereocenters. The van der Waals surface area contributed by atoms with Gasteiger partial charge in [-0.15, -0.1) is 0 Å². The van der Waals surface area contributed by atoms with Crippen LogP contribution in [0, 0.1) is 0 Å². The highest BCUT2D eigenvalue weighted by atomic mass is 16.2. The van der Waals surface area contributed by atoms with Crippen LogP contribution in [-0.2, 0) is 18.3 Å². The van der Waals surface area contributed by atoms with Crippen molar-refractivity contribution in [2.24, 2.45) is 7.05 Å². The number of imidazole rings is 1. The van der Waals surface area contributed by atoms with Crippen molar-refractivity contribution >= 4 is 5.91 Å². The van der Waals surface area contributed by atoms with Crippen LogP contribution in [0.3, 0.4) is 0 Å². The lowest BCUT2D eigenvalue weighted by atomic mass is 10.1. The summed E-state index contributed by atoms with van der Waals surface area (Å²) in [5, 5.41) is 6.75. The highest BCUT2D eigenvalue weighted by Gasteiger charge is 2.31. The fourth-order valence-electron chi connectivity index (χ4n) is 3.03. The number of carbonyl (C=O) groups excluding carboxylic acids is 1. The summed E-state index contributed by atoms with van der Waals surface area (Å²) < 4.78 is 2.04. The molecule has 1 amide bonds. The molecule has 22 heavy (non-hydrogen) atoms. The Labute approximate surface area is 129 Å². The maximum absolute atomic E-state index is 12.5. The molecule has 0 spiro atoms. The van der Waals surface area contributed by atoms with Crippen molar-refractivity contribution in [2.75, 3.05) is 26.2 Å². The third kappa shape index (κ3) is 2.89. The molecule has 2 aromatic rings. The number of nitrogens with one attached hydrogen (secondary N) is 1. The zero-order valence-electron chi connectivity index (χ0n) is 13.1. The van der Waals surface area contributed by atoms with Crippen LogP contribution in [0.25, 0.3) is 0 Å². The summed E-state index contributed by atoms with van der Waals surface area (Å²) in [5.74, 6) is 1.15. The predicted octanol–water partition coefficient (Wildman–Crippen LogP) is 0.591. The van der Waals surface area contributed by atoms with Gasteiger partial charge in [-0.25, -0.2) is 4.98 Å². The zero-order valence-corrected chi connectivity index (χ0v) is 13.1. The van der Waals surface area contributed by atoms with Crippen LogP contribution in [-0.4, -0.2) is 61.6 Å². The second-order valence-electron chi connectivity index (χ2n) is 5.64. The standard InChI is InChI=1S/C15H22N6O/c1-3-20-8-9-21(14(22)10-12-4-5-17-18-12)11-13(20)15-16-6-7-19(15)2/h4-7,13H,3,8-11H2,1-2H3,(H,17,18)/t13-/m0/s1. The summed E-state index contributed by atoms with van der Waals surface area (Å²) in [4.78, 5) is 21.3. The van der Waals surface area contributed by atoms with E-state index in [2.05, 4.69) is 27.0 Å². The van der Waals surface area contributed by atoms with Crippen molar-refractivity contribution in [1.82, 2.24) is 29.5 Å². The minimum Gasteiger partial charge on any atom is -0.339 e. The SMILES string of the molecule is CCN1CCN(C(=O)Cc2ccn[nH]2)C[C@H]1c1nccn1C. The number of piperazine rings is 1. The summed E-state index contributed by atoms with van der Waals surface area (Å²) in [7, 11) is 2.00. The molecular formula is C15H22N6O. The first-order valence-electron chi connectivity index (χ1n) is 7.66. The van der Waals surface area contributed by atoms with Gasteiger partial charge in [0.15, 0.2) is 0 Å². The van der Waals surface area contributed by atoms with Gasteiger partial charge in [-0.3, -0.25) is 14.8 Å². The van der Waals surface area contributed by atoms with Gasteiger partial charge in [-0.2, -0.15) is 5.10 Å². The van der Waals surface area contributed by atoms with E-state index in [9.17, 15) is 4.79 Å². The molecule has 0 aromatic carbocycles. The molecule has 1 fully saturated rings. The number of carbonyl (C=O) groups is 1. The van der Waals surface area contributed by atoms with Gasteiger partial charge in [-0.1, -0.05) is 6.92 Å². The van der Waals surface area contributed by atoms with Crippen molar-refractivity contribution in [1.29, 1.82) is 0 Å². The number of hydrogen-bond acceptors (Lipinski definition) is 4. The molecule has 3 rings (SSSR count). The smallest absolute Gasteiger partial charge is 0.228 e. The Balaban J connectivity index is 1.73. The minimum absolute atomic E-state index is 0.138. The van der Waals surface area contributed by atoms with Crippen LogP contribution < -0.4 is 0 Å². The van der Waals surface area contributed by atoms with Gasteiger partial charge in [0.2, 0.25) is 5.91 Å². The number of aromatic amines is 1. The van der Waals surface area contributed by atoms with Crippen molar-refractivity contribution in [3.05, 3.63) is 36.2 Å². The number of aryl methyl sites for hydroxylation is 1. The summed E-state index contributed by atoms with van der Waals surface area (Å²) in [6.45, 7) is 5.44. The van der Waals surface area contributed by atoms with E-state index in [1.807, 2.05) is 35.0 Å². The average Bonchev–Trinajstić information content (AvgIpc) is 3.18. The molecule has 1 saturated heterocycles. The lowest BCUT2D eigenvalue weighted by molar-refractivity contribution is -0.133. The third-order valence-electron chi connectivity index (χ3n) is 4.31. The van der Waals surface area contributed by atoms with E-state index in [1.165, 1.54) is 0 Å². The van der Waals surface area contributed by atoms with E-state index in [0.29, 0.717) is 13.0 Å². The molecule has 0 radical (unpaired) electrons. The minimum atomic E-state index is 0.138. The highest BCUT2D eigenvalue weighted by Crippen LogP contribution is 2.24. The Hall–Kier alpha value is -2.15. The first kappa shape index (κ1) is 14.8. The summed E-state index contributed by atoms with van der Waals surface area (Å²) in [5.41, 5.74) is 0.858. The Morgan fingerprint density at radius 1 is 1.41 bits per heavy atom. The van der Waals surface area contributed by atoms with Crippen molar-refractivity contribution in [3.8, 4) is 0 Å². The molecule has 7 heteroatoms. The second kappa shape index (κ2) is 6.31. The lowest BCUT2D eigenvalue weighted by Crippen LogP contribution is -2.51. The van der Waals surface area contributed by atoms with Gasteiger partial charge in [0.05, 0.1) is 12.5 Å². The maximum atomic E-state index is 12.5. The molecular weight excluding hydrogens is 280 g/mol. The van der Waals surface area contributed by atoms with Gasteiger partial charge in [0.25, 0.3) is 0 Å². The number of amides is 1. The average molecular weight is 302 g/mol. The van der Waals surface area contributed by atoms with Gasteiger partial charge in [-0.05, 0) is 12.6 Å². The molecule has 2 aromatic heterocycles. The molecule has 0 saturated carbocycles. The maximum Gasteiger partial charge on any atom is 0.228 e. The van der Waals surface area contributed by atoms with Gasteiger partial charge >= 0.3 is 0 Å². The van der Waals surface area contributed by atoms with E-state index in [4.69, 9.17) is 0 Å². The van der Waals surface area contributed by atoms with Crippen LogP contribution >= 0.6 is 0 Å². The molecule has 118 valence electrons. The number of hydrogen-bond donors (Lipinski definition) is 1. The first-order valence-corrected chi connectivity index (χ1v) is 7.66. The Morgan fingerprint density at radius 2 is 2.27 bits per heavy atom. The van der Waals surface area contributed by atoms with E-state index in [-0.39, 0.29) is 11.9 Å². The predicted molar refractivity (Wildman–Crippen MR) is 82.1 cm³/mol. The number of rotatable bonds is 4. The summed E-state index contributed by atoms with van der Waals surface area (Å²) in [6, 6.07) is 2.00. The first-order chi connectivity index (χ1) is 10.7. The van der Waals surface area contributed by atoms with E-state index >= 15 is 0 Å². The van der Waals surface area contributed by atoms with Gasteiger partial charge in [0.1, 0.15) is 5.82 Å². The fourth-order valence-corrected chi connectivity index (χ4v) is 3.03. The Morgan fingerprint density at radius 3 is 2.91 bits per heavy atom. The van der Waals surface area contributed by atoms with E-state index in [1.54, 1.807) is 6.20 Å². The van der Waals surface area contributed by atoms with Crippen molar-refractivity contribution in [2.45, 2.75) is 19.4 Å². The molecule has 1 N–H and O–H groups in total. The van der Waals surface area contributed by atoms with Gasteiger partial charge < -0.3 is 9.47 Å².